The molecule has 0 aliphatic carbocycles. The monoisotopic (exact) mass is 603 g/mol. The number of nitrogens with zero attached hydrogens (tertiary/aromatic N) is 5. The predicted molar refractivity (Wildman–Crippen MR) is 165 cm³/mol. The Bertz CT molecular complexity index is 1780. The first-order chi connectivity index (χ1) is 21.3. The Kier molecular flexibility index (Phi) is 7.35. The minimum atomic E-state index is -0.904. The van der Waals surface area contributed by atoms with Crippen molar-refractivity contribution in [3.63, 3.8) is 0 Å². The molecular formula is C34H36F3N5O2. The number of ether oxygens (including phenoxy) is 1. The zero-order valence-corrected chi connectivity index (χ0v) is 24.9. The van der Waals surface area contributed by atoms with E-state index in [-0.39, 0.29) is 35.1 Å². The molecule has 7 nitrogen and oxygen atoms in total. The highest BCUT2D eigenvalue weighted by molar-refractivity contribution is 6.01. The summed E-state index contributed by atoms with van der Waals surface area (Å²) >= 11 is 0. The molecule has 3 aliphatic rings. The summed E-state index contributed by atoms with van der Waals surface area (Å²) in [5, 5.41) is 12.1. The molecule has 230 valence electrons. The van der Waals surface area contributed by atoms with Crippen molar-refractivity contribution in [2.45, 2.75) is 63.6 Å². The summed E-state index contributed by atoms with van der Waals surface area (Å²) in [7, 11) is 0. The number of halogens is 3. The van der Waals surface area contributed by atoms with Crippen LogP contribution in [0, 0.1) is 11.6 Å². The molecule has 0 radical (unpaired) electrons. The van der Waals surface area contributed by atoms with Crippen molar-refractivity contribution in [3.8, 4) is 23.0 Å². The Morgan fingerprint density at radius 2 is 1.98 bits per heavy atom. The zero-order valence-electron chi connectivity index (χ0n) is 24.9. The number of benzene rings is 2. The number of alkyl halides is 1. The molecule has 2 aromatic carbocycles. The van der Waals surface area contributed by atoms with E-state index in [1.165, 1.54) is 18.2 Å². The van der Waals surface area contributed by atoms with E-state index in [0.29, 0.717) is 60.0 Å². The lowest BCUT2D eigenvalue weighted by Crippen LogP contribution is -2.43. The van der Waals surface area contributed by atoms with E-state index in [4.69, 9.17) is 9.72 Å². The second-order valence-electron chi connectivity index (χ2n) is 12.4. The van der Waals surface area contributed by atoms with Gasteiger partial charge in [0, 0.05) is 37.8 Å². The molecule has 10 heteroatoms. The lowest BCUT2D eigenvalue weighted by atomic mass is 9.94. The lowest BCUT2D eigenvalue weighted by molar-refractivity contribution is 0.107. The molecule has 4 aromatic rings. The van der Waals surface area contributed by atoms with Gasteiger partial charge in [0.05, 0.1) is 10.9 Å². The molecule has 0 amide bonds. The van der Waals surface area contributed by atoms with Crippen LogP contribution in [0.4, 0.5) is 19.0 Å². The molecule has 3 saturated heterocycles. The number of hydrogen-bond acceptors (Lipinski definition) is 7. The molecule has 5 heterocycles. The summed E-state index contributed by atoms with van der Waals surface area (Å²) in [5.41, 5.74) is 1.42. The van der Waals surface area contributed by atoms with Gasteiger partial charge in [-0.3, -0.25) is 9.88 Å². The van der Waals surface area contributed by atoms with Crippen LogP contribution in [0.3, 0.4) is 0 Å². The van der Waals surface area contributed by atoms with E-state index in [9.17, 15) is 13.9 Å². The van der Waals surface area contributed by atoms with Crippen LogP contribution in [-0.2, 0) is 6.42 Å². The van der Waals surface area contributed by atoms with Gasteiger partial charge in [-0.1, -0.05) is 25.1 Å². The largest absolute Gasteiger partial charge is 0.508 e. The average Bonchev–Trinajstić information content (AvgIpc) is 3.44. The Morgan fingerprint density at radius 3 is 2.82 bits per heavy atom. The topological polar surface area (TPSA) is 74.6 Å². The number of hydrogen-bond donors (Lipinski definition) is 1. The second-order valence-corrected chi connectivity index (χ2v) is 12.4. The van der Waals surface area contributed by atoms with Crippen LogP contribution in [0.2, 0.25) is 0 Å². The summed E-state index contributed by atoms with van der Waals surface area (Å²) in [5.74, 6) is -0.672. The maximum absolute atomic E-state index is 16.8. The molecule has 0 spiro atoms. The molecule has 1 unspecified atom stereocenters. The number of fused-ring (bicyclic) bond motifs is 3. The second kappa shape index (κ2) is 11.2. The van der Waals surface area contributed by atoms with E-state index in [2.05, 4.69) is 26.3 Å². The highest BCUT2D eigenvalue weighted by atomic mass is 19.1. The smallest absolute Gasteiger partial charge is 0.319 e. The first-order valence-electron chi connectivity index (χ1n) is 15.5. The van der Waals surface area contributed by atoms with Crippen LogP contribution in [-0.4, -0.2) is 69.5 Å². The summed E-state index contributed by atoms with van der Waals surface area (Å²) in [4.78, 5) is 18.1. The summed E-state index contributed by atoms with van der Waals surface area (Å²) < 4.78 is 52.3. The predicted octanol–water partition coefficient (Wildman–Crippen LogP) is 6.89. The number of aryl methyl sites for hydroxylation is 1. The fourth-order valence-corrected chi connectivity index (χ4v) is 7.46. The number of anilines is 1. The number of phenols is 1. The van der Waals surface area contributed by atoms with E-state index >= 15 is 4.39 Å². The van der Waals surface area contributed by atoms with Crippen LogP contribution in [0.5, 0.6) is 11.8 Å². The van der Waals surface area contributed by atoms with Crippen molar-refractivity contribution < 1.29 is 23.0 Å². The molecule has 0 bridgehead atoms. The van der Waals surface area contributed by atoms with Gasteiger partial charge < -0.3 is 14.7 Å². The van der Waals surface area contributed by atoms with Gasteiger partial charge in [0.15, 0.2) is 5.82 Å². The summed E-state index contributed by atoms with van der Waals surface area (Å²) in [6.07, 6.45) is 5.78. The summed E-state index contributed by atoms with van der Waals surface area (Å²) in [6.45, 7) is 8.79. The van der Waals surface area contributed by atoms with Gasteiger partial charge in [0.25, 0.3) is 0 Å². The normalized spacial score (nSPS) is 22.6. The zero-order chi connectivity index (χ0) is 30.6. The van der Waals surface area contributed by atoms with Crippen molar-refractivity contribution in [1.82, 2.24) is 19.9 Å². The minimum Gasteiger partial charge on any atom is -0.508 e. The third-order valence-electron chi connectivity index (χ3n) is 9.63. The van der Waals surface area contributed by atoms with Crippen LogP contribution in [0.15, 0.2) is 42.6 Å². The number of aromatic hydroxyl groups is 1. The average molecular weight is 604 g/mol. The Labute approximate surface area is 254 Å². The van der Waals surface area contributed by atoms with Crippen molar-refractivity contribution in [3.05, 3.63) is 59.8 Å². The fraction of sp³-hybridized carbons (Fsp3) is 0.441. The molecule has 0 saturated carbocycles. The number of aromatic nitrogens is 3. The quantitative estimate of drug-likeness (QED) is 0.241. The highest BCUT2D eigenvalue weighted by Crippen LogP contribution is 2.42. The van der Waals surface area contributed by atoms with Crippen molar-refractivity contribution in [1.29, 1.82) is 0 Å². The summed E-state index contributed by atoms with van der Waals surface area (Å²) in [6, 6.07) is 5.90. The maximum atomic E-state index is 16.8. The van der Waals surface area contributed by atoms with E-state index in [1.807, 2.05) is 6.92 Å². The van der Waals surface area contributed by atoms with Gasteiger partial charge in [-0.25, -0.2) is 13.2 Å². The highest BCUT2D eigenvalue weighted by Gasteiger charge is 2.49. The number of phenolic OH excluding ortho intramolecular Hbond substituents is 1. The van der Waals surface area contributed by atoms with Crippen LogP contribution in [0.25, 0.3) is 32.9 Å². The molecule has 44 heavy (non-hydrogen) atoms. The van der Waals surface area contributed by atoms with Gasteiger partial charge in [0.1, 0.15) is 41.4 Å². The molecule has 3 aliphatic heterocycles. The lowest BCUT2D eigenvalue weighted by Gasteiger charge is -2.31. The third-order valence-corrected chi connectivity index (χ3v) is 9.63. The number of rotatable bonds is 6. The van der Waals surface area contributed by atoms with Crippen LogP contribution in [0.1, 0.15) is 51.0 Å². The van der Waals surface area contributed by atoms with Gasteiger partial charge in [-0.05, 0) is 79.6 Å². The van der Waals surface area contributed by atoms with Gasteiger partial charge in [0.2, 0.25) is 0 Å². The van der Waals surface area contributed by atoms with Gasteiger partial charge in [-0.2, -0.15) is 9.97 Å². The van der Waals surface area contributed by atoms with Gasteiger partial charge >= 0.3 is 6.01 Å². The fourth-order valence-electron chi connectivity index (χ4n) is 7.46. The minimum absolute atomic E-state index is 0.0243. The van der Waals surface area contributed by atoms with Crippen LogP contribution < -0.4 is 9.64 Å². The van der Waals surface area contributed by atoms with Crippen LogP contribution >= 0.6 is 0 Å². The van der Waals surface area contributed by atoms with E-state index < -0.39 is 23.3 Å². The molecule has 1 N–H and O–H groups in total. The first kappa shape index (κ1) is 28.8. The van der Waals surface area contributed by atoms with Crippen molar-refractivity contribution >= 4 is 27.5 Å². The SMILES string of the molecule is C=C1CCCN(c2nc(OCC34CCCN3C[C@H](F)C4)nc3c(F)c(-c4cc(O)cc5ccc(F)c(CC)c45)ncc23)CC1. The Balaban J connectivity index is 1.37. The third kappa shape index (κ3) is 4.93. The number of pyridine rings is 1. The molecule has 2 aromatic heterocycles. The van der Waals surface area contributed by atoms with Crippen molar-refractivity contribution in [2.24, 2.45) is 0 Å². The van der Waals surface area contributed by atoms with Gasteiger partial charge in [-0.15, -0.1) is 0 Å². The molecule has 3 fully saturated rings. The molecule has 2 atom stereocenters. The molecular weight excluding hydrogens is 567 g/mol. The Morgan fingerprint density at radius 1 is 1.11 bits per heavy atom. The van der Waals surface area contributed by atoms with Crippen molar-refractivity contribution in [2.75, 3.05) is 37.7 Å². The maximum Gasteiger partial charge on any atom is 0.319 e. The standard InChI is InChI=1S/C34H36F3N5O2/c1-3-24-27(36)8-7-21-14-23(43)15-25(28(21)24)30-29(37)31-26(17-38-30)32(41-11-4-6-20(2)9-13-41)40-33(39-31)44-19-34-10-5-12-42(34)18-22(35)16-34/h7-8,14-15,17,22,43H,2-6,9-13,16,18-19H2,1H3/t22-,34?/m1/s1. The van der Waals surface area contributed by atoms with E-state index in [1.54, 1.807) is 12.3 Å². The Hall–Kier alpha value is -3.92. The van der Waals surface area contributed by atoms with E-state index in [0.717, 1.165) is 44.2 Å². The first-order valence-corrected chi connectivity index (χ1v) is 15.5. The molecule has 7 rings (SSSR count).